The van der Waals surface area contributed by atoms with Crippen molar-refractivity contribution >= 4 is 16.8 Å². The fraction of sp³-hybridized carbons (Fsp3) is 0.400. The number of fused-ring (bicyclic) bond motifs is 1. The van der Waals surface area contributed by atoms with Crippen molar-refractivity contribution in [2.45, 2.75) is 39.2 Å². The molecule has 1 unspecified atom stereocenters. The third-order valence-electron chi connectivity index (χ3n) is 3.17. The highest BCUT2D eigenvalue weighted by Gasteiger charge is 2.17. The Labute approximate surface area is 112 Å². The van der Waals surface area contributed by atoms with Crippen molar-refractivity contribution in [3.05, 3.63) is 30.1 Å². The fourth-order valence-electron chi connectivity index (χ4n) is 2.39. The van der Waals surface area contributed by atoms with Gasteiger partial charge in [-0.1, -0.05) is 19.1 Å². The molecule has 0 spiro atoms. The van der Waals surface area contributed by atoms with Crippen molar-refractivity contribution in [2.75, 3.05) is 0 Å². The summed E-state index contributed by atoms with van der Waals surface area (Å²) in [6.07, 6.45) is 0.927. The Hall–Kier alpha value is -2.15. The first kappa shape index (κ1) is 13.3. The van der Waals surface area contributed by atoms with E-state index in [1.807, 2.05) is 31.2 Å². The van der Waals surface area contributed by atoms with Crippen LogP contribution in [-0.4, -0.2) is 15.3 Å². The van der Waals surface area contributed by atoms with Gasteiger partial charge in [0.15, 0.2) is 0 Å². The van der Waals surface area contributed by atoms with Gasteiger partial charge in [0, 0.05) is 18.9 Å². The van der Waals surface area contributed by atoms with Crippen molar-refractivity contribution < 1.29 is 4.79 Å². The van der Waals surface area contributed by atoms with Crippen molar-refractivity contribution in [1.82, 2.24) is 9.55 Å². The number of imidazole rings is 1. The second-order valence-corrected chi connectivity index (χ2v) is 4.83. The van der Waals surface area contributed by atoms with E-state index in [9.17, 15) is 4.79 Å². The maximum Gasteiger partial charge on any atom is 0.130 e. The monoisotopic (exact) mass is 255 g/mol. The predicted molar refractivity (Wildman–Crippen MR) is 73.7 cm³/mol. The number of nitrogens with zero attached hydrogens (tertiary/aromatic N) is 3. The van der Waals surface area contributed by atoms with E-state index in [0.29, 0.717) is 19.4 Å². The van der Waals surface area contributed by atoms with E-state index in [2.05, 4.69) is 15.6 Å². The lowest BCUT2D eigenvalue weighted by Gasteiger charge is -2.12. The molecule has 2 rings (SSSR count). The van der Waals surface area contributed by atoms with Gasteiger partial charge in [0.05, 0.1) is 23.5 Å². The third-order valence-corrected chi connectivity index (χ3v) is 3.17. The van der Waals surface area contributed by atoms with Gasteiger partial charge >= 0.3 is 0 Å². The maximum absolute atomic E-state index is 11.3. The summed E-state index contributed by atoms with van der Waals surface area (Å²) in [6.45, 7) is 4.22. The Balaban J connectivity index is 2.46. The number of carbonyl (C=O) groups excluding carboxylic acids is 1. The molecule has 0 amide bonds. The zero-order valence-corrected chi connectivity index (χ0v) is 11.3. The number of nitriles is 1. The average Bonchev–Trinajstić information content (AvgIpc) is 2.74. The minimum absolute atomic E-state index is 0.0728. The molecule has 4 heteroatoms. The van der Waals surface area contributed by atoms with Gasteiger partial charge in [-0.3, -0.25) is 0 Å². The number of rotatable bonds is 5. The number of aromatic nitrogens is 2. The molecule has 0 N–H and O–H groups in total. The van der Waals surface area contributed by atoms with Crippen LogP contribution >= 0.6 is 0 Å². The van der Waals surface area contributed by atoms with Crippen LogP contribution in [0.2, 0.25) is 0 Å². The number of benzene rings is 1. The molecule has 1 atom stereocenters. The molecule has 0 aliphatic heterocycles. The van der Waals surface area contributed by atoms with Gasteiger partial charge in [0.2, 0.25) is 0 Å². The first-order chi connectivity index (χ1) is 9.13. The Bertz CT molecular complexity index is 636. The molecule has 1 aromatic heterocycles. The molecule has 0 bridgehead atoms. The molecule has 0 aliphatic rings. The first-order valence-electron chi connectivity index (χ1n) is 6.45. The van der Waals surface area contributed by atoms with E-state index in [0.717, 1.165) is 16.9 Å². The van der Waals surface area contributed by atoms with Gasteiger partial charge in [-0.05, 0) is 19.1 Å². The number of hydrogen-bond donors (Lipinski definition) is 0. The molecular weight excluding hydrogens is 238 g/mol. The van der Waals surface area contributed by atoms with Crippen LogP contribution in [0.15, 0.2) is 24.3 Å². The molecule has 2 aromatic rings. The van der Waals surface area contributed by atoms with Crippen LogP contribution in [0.1, 0.15) is 38.4 Å². The Morgan fingerprint density at radius 1 is 1.47 bits per heavy atom. The predicted octanol–water partition coefficient (Wildman–Crippen LogP) is 3.03. The standard InChI is InChI=1S/C15H17N3O/c1-11(10-12(2)19)15-17-13-6-3-4-7-14(13)18(15)9-5-8-16/h3-4,6-7,11H,5,9-10H2,1-2H3. The van der Waals surface area contributed by atoms with Gasteiger partial charge in [-0.2, -0.15) is 5.26 Å². The molecule has 98 valence electrons. The fourth-order valence-corrected chi connectivity index (χ4v) is 2.39. The SMILES string of the molecule is CC(=O)CC(C)c1nc2ccccc2n1CCC#N. The number of aryl methyl sites for hydroxylation is 1. The maximum atomic E-state index is 11.3. The smallest absolute Gasteiger partial charge is 0.130 e. The van der Waals surface area contributed by atoms with Crippen LogP contribution in [0.3, 0.4) is 0 Å². The first-order valence-corrected chi connectivity index (χ1v) is 6.45. The summed E-state index contributed by atoms with van der Waals surface area (Å²) in [7, 11) is 0. The summed E-state index contributed by atoms with van der Waals surface area (Å²) in [4.78, 5) is 15.9. The van der Waals surface area contributed by atoms with Gasteiger partial charge in [-0.15, -0.1) is 0 Å². The summed E-state index contributed by atoms with van der Waals surface area (Å²) in [5.41, 5.74) is 1.95. The summed E-state index contributed by atoms with van der Waals surface area (Å²) in [6, 6.07) is 10.0. The van der Waals surface area contributed by atoms with Crippen LogP contribution in [0.4, 0.5) is 0 Å². The zero-order valence-electron chi connectivity index (χ0n) is 11.3. The minimum atomic E-state index is 0.0728. The van der Waals surface area contributed by atoms with Gasteiger partial charge in [0.25, 0.3) is 0 Å². The number of hydrogen-bond acceptors (Lipinski definition) is 3. The van der Waals surface area contributed by atoms with E-state index in [1.54, 1.807) is 6.92 Å². The molecule has 1 heterocycles. The normalized spacial score (nSPS) is 12.3. The molecule has 1 aromatic carbocycles. The summed E-state index contributed by atoms with van der Waals surface area (Å²) in [5, 5.41) is 8.77. The summed E-state index contributed by atoms with van der Waals surface area (Å²) >= 11 is 0. The highest BCUT2D eigenvalue weighted by atomic mass is 16.1. The van der Waals surface area contributed by atoms with Crippen molar-refractivity contribution in [3.63, 3.8) is 0 Å². The Kier molecular flexibility index (Phi) is 3.96. The van der Waals surface area contributed by atoms with E-state index in [4.69, 9.17) is 5.26 Å². The van der Waals surface area contributed by atoms with Crippen LogP contribution in [0.5, 0.6) is 0 Å². The van der Waals surface area contributed by atoms with Gasteiger partial charge in [0.1, 0.15) is 11.6 Å². The molecular formula is C15H17N3O. The highest BCUT2D eigenvalue weighted by molar-refractivity contribution is 5.78. The van der Waals surface area contributed by atoms with E-state index in [1.165, 1.54) is 0 Å². The lowest BCUT2D eigenvalue weighted by atomic mass is 10.0. The van der Waals surface area contributed by atoms with Gasteiger partial charge < -0.3 is 9.36 Å². The molecule has 0 fully saturated rings. The van der Waals surface area contributed by atoms with Crippen molar-refractivity contribution in [3.8, 4) is 6.07 Å². The number of carbonyl (C=O) groups is 1. The van der Waals surface area contributed by atoms with Gasteiger partial charge in [-0.25, -0.2) is 4.98 Å². The highest BCUT2D eigenvalue weighted by Crippen LogP contribution is 2.24. The van der Waals surface area contributed by atoms with E-state index >= 15 is 0 Å². The largest absolute Gasteiger partial charge is 0.327 e. The molecule has 4 nitrogen and oxygen atoms in total. The molecule has 0 radical (unpaired) electrons. The summed E-state index contributed by atoms with van der Waals surface area (Å²) in [5.74, 6) is 1.13. The topological polar surface area (TPSA) is 58.7 Å². The molecule has 0 saturated heterocycles. The van der Waals surface area contributed by atoms with Crippen LogP contribution in [0.25, 0.3) is 11.0 Å². The quantitative estimate of drug-likeness (QED) is 0.825. The number of para-hydroxylation sites is 2. The zero-order chi connectivity index (χ0) is 13.8. The van der Waals surface area contributed by atoms with Crippen LogP contribution < -0.4 is 0 Å². The van der Waals surface area contributed by atoms with Crippen molar-refractivity contribution in [1.29, 1.82) is 5.26 Å². The lowest BCUT2D eigenvalue weighted by molar-refractivity contribution is -0.117. The third kappa shape index (κ3) is 2.82. The number of ketones is 1. The lowest BCUT2D eigenvalue weighted by Crippen LogP contribution is -2.09. The Morgan fingerprint density at radius 2 is 2.21 bits per heavy atom. The average molecular weight is 255 g/mol. The van der Waals surface area contributed by atoms with E-state index in [-0.39, 0.29) is 11.7 Å². The molecule has 19 heavy (non-hydrogen) atoms. The second-order valence-electron chi connectivity index (χ2n) is 4.83. The number of Topliss-reactive ketones (excluding diaryl/α,β-unsaturated/α-hetero) is 1. The van der Waals surface area contributed by atoms with E-state index < -0.39 is 0 Å². The van der Waals surface area contributed by atoms with Crippen LogP contribution in [-0.2, 0) is 11.3 Å². The molecule has 0 saturated carbocycles. The minimum Gasteiger partial charge on any atom is -0.327 e. The Morgan fingerprint density at radius 3 is 2.89 bits per heavy atom. The van der Waals surface area contributed by atoms with Crippen molar-refractivity contribution in [2.24, 2.45) is 0 Å². The molecule has 0 aliphatic carbocycles. The summed E-state index contributed by atoms with van der Waals surface area (Å²) < 4.78 is 2.06. The van der Waals surface area contributed by atoms with Crippen LogP contribution in [0, 0.1) is 11.3 Å². The second kappa shape index (κ2) is 5.66.